The minimum Gasteiger partial charge on any atom is -0.391 e. The number of hydrogen-bond donors (Lipinski definition) is 1. The van der Waals surface area contributed by atoms with E-state index in [9.17, 15) is 5.11 Å². The van der Waals surface area contributed by atoms with Crippen molar-refractivity contribution in [3.63, 3.8) is 0 Å². The lowest BCUT2D eigenvalue weighted by Gasteiger charge is -2.06. The fourth-order valence-corrected chi connectivity index (χ4v) is 1.12. The van der Waals surface area contributed by atoms with Crippen molar-refractivity contribution in [1.29, 1.82) is 0 Å². The molecule has 0 aliphatic carbocycles. The second-order valence-corrected chi connectivity index (χ2v) is 3.71. The van der Waals surface area contributed by atoms with E-state index in [1.165, 1.54) is 5.56 Å². The van der Waals surface area contributed by atoms with Crippen LogP contribution in [0.15, 0.2) is 12.4 Å². The largest absolute Gasteiger partial charge is 0.391 e. The van der Waals surface area contributed by atoms with E-state index in [1.807, 2.05) is 24.0 Å². The first kappa shape index (κ1) is 10.3. The van der Waals surface area contributed by atoms with Gasteiger partial charge in [0.05, 0.1) is 18.8 Å². The van der Waals surface area contributed by atoms with Crippen LogP contribution < -0.4 is 0 Å². The number of aliphatic hydroxyl groups excluding tert-OH is 1. The summed E-state index contributed by atoms with van der Waals surface area (Å²) in [5.74, 6) is 0.507. The molecule has 0 aliphatic rings. The molecule has 0 saturated carbocycles. The molecule has 13 heavy (non-hydrogen) atoms. The molecule has 1 atom stereocenters. The third-order valence-corrected chi connectivity index (χ3v) is 2.19. The lowest BCUT2D eigenvalue weighted by molar-refractivity contribution is 0.145. The standard InChI is InChI=1S/C10H18N2O/c1-4-10(13)7-12-6-9(5-11-12)8(2)3/h5-6,8,10,13H,4,7H2,1-3H3/t10-/m0/s1. The maximum Gasteiger partial charge on any atom is 0.0733 e. The molecule has 0 radical (unpaired) electrons. The topological polar surface area (TPSA) is 38.0 Å². The summed E-state index contributed by atoms with van der Waals surface area (Å²) in [4.78, 5) is 0. The van der Waals surface area contributed by atoms with Gasteiger partial charge in [0.25, 0.3) is 0 Å². The van der Waals surface area contributed by atoms with Crippen molar-refractivity contribution in [3.8, 4) is 0 Å². The maximum atomic E-state index is 9.40. The first-order valence-electron chi connectivity index (χ1n) is 4.84. The van der Waals surface area contributed by atoms with E-state index in [1.54, 1.807) is 0 Å². The highest BCUT2D eigenvalue weighted by Gasteiger charge is 2.05. The molecule has 0 spiro atoms. The second kappa shape index (κ2) is 4.42. The lowest BCUT2D eigenvalue weighted by atomic mass is 10.1. The molecule has 0 fully saturated rings. The highest BCUT2D eigenvalue weighted by atomic mass is 16.3. The van der Waals surface area contributed by atoms with Gasteiger partial charge in [-0.3, -0.25) is 4.68 Å². The zero-order valence-electron chi connectivity index (χ0n) is 8.57. The van der Waals surface area contributed by atoms with Gasteiger partial charge < -0.3 is 5.11 Å². The van der Waals surface area contributed by atoms with Gasteiger partial charge in [0.2, 0.25) is 0 Å². The fraction of sp³-hybridized carbons (Fsp3) is 0.700. The van der Waals surface area contributed by atoms with Crippen molar-refractivity contribution < 1.29 is 5.11 Å². The van der Waals surface area contributed by atoms with Crippen molar-refractivity contribution >= 4 is 0 Å². The third kappa shape index (κ3) is 2.84. The van der Waals surface area contributed by atoms with Crippen molar-refractivity contribution in [1.82, 2.24) is 9.78 Å². The van der Waals surface area contributed by atoms with E-state index in [0.29, 0.717) is 12.5 Å². The number of hydrogen-bond acceptors (Lipinski definition) is 2. The van der Waals surface area contributed by atoms with E-state index >= 15 is 0 Å². The van der Waals surface area contributed by atoms with E-state index in [-0.39, 0.29) is 6.10 Å². The van der Waals surface area contributed by atoms with Crippen LogP contribution in [0.1, 0.15) is 38.7 Å². The monoisotopic (exact) mass is 182 g/mol. The van der Waals surface area contributed by atoms with E-state index in [4.69, 9.17) is 0 Å². The van der Waals surface area contributed by atoms with Gasteiger partial charge in [-0.1, -0.05) is 20.8 Å². The fourth-order valence-electron chi connectivity index (χ4n) is 1.12. The molecule has 3 heteroatoms. The molecule has 1 aromatic rings. The van der Waals surface area contributed by atoms with Crippen LogP contribution in [0.25, 0.3) is 0 Å². The third-order valence-electron chi connectivity index (χ3n) is 2.19. The van der Waals surface area contributed by atoms with Crippen molar-refractivity contribution in [3.05, 3.63) is 18.0 Å². The summed E-state index contributed by atoms with van der Waals surface area (Å²) >= 11 is 0. The van der Waals surface area contributed by atoms with Gasteiger partial charge in [0, 0.05) is 6.20 Å². The Balaban J connectivity index is 2.58. The summed E-state index contributed by atoms with van der Waals surface area (Å²) in [5, 5.41) is 13.6. The zero-order chi connectivity index (χ0) is 9.84. The Morgan fingerprint density at radius 3 is 2.69 bits per heavy atom. The van der Waals surface area contributed by atoms with Crippen molar-refractivity contribution in [2.45, 2.75) is 45.8 Å². The maximum absolute atomic E-state index is 9.40. The molecule has 1 rings (SSSR count). The van der Waals surface area contributed by atoms with E-state index in [2.05, 4.69) is 18.9 Å². The molecule has 1 N–H and O–H groups in total. The van der Waals surface area contributed by atoms with Crippen LogP contribution in [0.5, 0.6) is 0 Å². The second-order valence-electron chi connectivity index (χ2n) is 3.71. The smallest absolute Gasteiger partial charge is 0.0733 e. The summed E-state index contributed by atoms with van der Waals surface area (Å²) in [5.41, 5.74) is 1.23. The highest BCUT2D eigenvalue weighted by molar-refractivity contribution is 5.08. The molecule has 1 aromatic heterocycles. The summed E-state index contributed by atoms with van der Waals surface area (Å²) in [7, 11) is 0. The van der Waals surface area contributed by atoms with Gasteiger partial charge in [-0.2, -0.15) is 5.10 Å². The van der Waals surface area contributed by atoms with Crippen LogP contribution in [0, 0.1) is 0 Å². The van der Waals surface area contributed by atoms with Crippen LogP contribution >= 0.6 is 0 Å². The average molecular weight is 182 g/mol. The first-order valence-corrected chi connectivity index (χ1v) is 4.84. The van der Waals surface area contributed by atoms with Gasteiger partial charge >= 0.3 is 0 Å². The molecule has 0 unspecified atom stereocenters. The summed E-state index contributed by atoms with van der Waals surface area (Å²) in [6.45, 7) is 6.84. The first-order chi connectivity index (χ1) is 6.13. The molecule has 3 nitrogen and oxygen atoms in total. The Labute approximate surface area is 79.4 Å². The summed E-state index contributed by atoms with van der Waals surface area (Å²) in [6, 6.07) is 0. The Morgan fingerprint density at radius 1 is 1.54 bits per heavy atom. The van der Waals surface area contributed by atoms with Crippen LogP contribution in [-0.2, 0) is 6.54 Å². The molecule has 0 saturated heterocycles. The SMILES string of the molecule is CC[C@H](O)Cn1cc(C(C)C)cn1. The van der Waals surface area contributed by atoms with Crippen molar-refractivity contribution in [2.24, 2.45) is 0 Å². The molecular formula is C10H18N2O. The minimum absolute atomic E-state index is 0.278. The quantitative estimate of drug-likeness (QED) is 0.770. The Bertz CT molecular complexity index is 255. The minimum atomic E-state index is -0.278. The van der Waals surface area contributed by atoms with E-state index in [0.717, 1.165) is 6.42 Å². The van der Waals surface area contributed by atoms with Crippen molar-refractivity contribution in [2.75, 3.05) is 0 Å². The summed E-state index contributed by atoms with van der Waals surface area (Å²) in [6.07, 6.45) is 4.37. The van der Waals surface area contributed by atoms with Gasteiger partial charge in [-0.05, 0) is 17.9 Å². The highest BCUT2D eigenvalue weighted by Crippen LogP contribution is 2.12. The molecule has 0 aliphatic heterocycles. The zero-order valence-corrected chi connectivity index (χ0v) is 8.57. The number of rotatable bonds is 4. The Morgan fingerprint density at radius 2 is 2.23 bits per heavy atom. The molecular weight excluding hydrogens is 164 g/mol. The predicted octanol–water partition coefficient (Wildman–Crippen LogP) is 1.78. The molecule has 0 amide bonds. The van der Waals surface area contributed by atoms with Gasteiger partial charge in [0.1, 0.15) is 0 Å². The van der Waals surface area contributed by atoms with Crippen LogP contribution in [0.4, 0.5) is 0 Å². The number of aromatic nitrogens is 2. The molecule has 0 aromatic carbocycles. The predicted molar refractivity (Wildman–Crippen MR) is 52.6 cm³/mol. The summed E-state index contributed by atoms with van der Waals surface area (Å²) < 4.78 is 1.81. The Hall–Kier alpha value is -0.830. The van der Waals surface area contributed by atoms with Gasteiger partial charge in [-0.25, -0.2) is 0 Å². The van der Waals surface area contributed by atoms with Crippen LogP contribution in [0.3, 0.4) is 0 Å². The van der Waals surface area contributed by atoms with E-state index < -0.39 is 0 Å². The molecule has 0 bridgehead atoms. The number of nitrogens with zero attached hydrogens (tertiary/aromatic N) is 2. The molecule has 74 valence electrons. The normalized spacial score (nSPS) is 13.6. The Kier molecular flexibility index (Phi) is 3.48. The lowest BCUT2D eigenvalue weighted by Crippen LogP contribution is -2.14. The molecule has 1 heterocycles. The van der Waals surface area contributed by atoms with Gasteiger partial charge in [-0.15, -0.1) is 0 Å². The van der Waals surface area contributed by atoms with Gasteiger partial charge in [0.15, 0.2) is 0 Å². The number of aliphatic hydroxyl groups is 1. The average Bonchev–Trinajstić information content (AvgIpc) is 2.52. The van der Waals surface area contributed by atoms with Crippen LogP contribution in [-0.4, -0.2) is 21.0 Å². The van der Waals surface area contributed by atoms with Crippen LogP contribution in [0.2, 0.25) is 0 Å².